The van der Waals surface area contributed by atoms with Gasteiger partial charge in [0.2, 0.25) is 5.91 Å². The van der Waals surface area contributed by atoms with Crippen LogP contribution in [-0.2, 0) is 4.79 Å². The average molecular weight is 344 g/mol. The third kappa shape index (κ3) is 4.03. The second kappa shape index (κ2) is 8.00. The molecular formula is C20H28N2O3. The van der Waals surface area contributed by atoms with E-state index in [2.05, 4.69) is 0 Å². The molecule has 1 heterocycles. The Balaban J connectivity index is 1.69. The minimum Gasteiger partial charge on any atom is -0.393 e. The Labute approximate surface area is 149 Å². The van der Waals surface area contributed by atoms with Crippen molar-refractivity contribution in [2.75, 3.05) is 20.1 Å². The summed E-state index contributed by atoms with van der Waals surface area (Å²) in [6, 6.07) is 8.80. The first-order chi connectivity index (χ1) is 12.1. The number of benzene rings is 1. The first-order valence-electron chi connectivity index (χ1n) is 9.37. The second-order valence-corrected chi connectivity index (χ2v) is 7.35. The fourth-order valence-electron chi connectivity index (χ4n) is 4.10. The van der Waals surface area contributed by atoms with Crippen molar-refractivity contribution in [1.29, 1.82) is 0 Å². The molecule has 1 aromatic rings. The monoisotopic (exact) mass is 344 g/mol. The number of amides is 2. The predicted molar refractivity (Wildman–Crippen MR) is 96.1 cm³/mol. The summed E-state index contributed by atoms with van der Waals surface area (Å²) in [4.78, 5) is 29.3. The second-order valence-electron chi connectivity index (χ2n) is 7.35. The SMILES string of the molecule is CN(CC1CCCC1O)C(=O)C1CCCCN1C(=O)c1ccccc1. The number of carbonyl (C=O) groups is 2. The summed E-state index contributed by atoms with van der Waals surface area (Å²) in [6.07, 6.45) is 5.14. The van der Waals surface area contributed by atoms with E-state index in [1.807, 2.05) is 18.2 Å². The lowest BCUT2D eigenvalue weighted by Crippen LogP contribution is -2.53. The lowest BCUT2D eigenvalue weighted by atomic mass is 9.98. The highest BCUT2D eigenvalue weighted by molar-refractivity contribution is 5.97. The molecule has 0 bridgehead atoms. The summed E-state index contributed by atoms with van der Waals surface area (Å²) in [6.45, 7) is 1.20. The zero-order valence-electron chi connectivity index (χ0n) is 14.9. The van der Waals surface area contributed by atoms with Crippen molar-refractivity contribution in [3.05, 3.63) is 35.9 Å². The predicted octanol–water partition coefficient (Wildman–Crippen LogP) is 2.30. The molecular weight excluding hydrogens is 316 g/mol. The molecule has 136 valence electrons. The molecule has 3 unspecified atom stereocenters. The van der Waals surface area contributed by atoms with E-state index in [4.69, 9.17) is 0 Å². The molecule has 0 spiro atoms. The standard InChI is InChI=1S/C20H28N2O3/c1-21(14-16-10-7-12-18(16)23)20(25)17-11-5-6-13-22(17)19(24)15-8-3-2-4-9-15/h2-4,8-9,16-18,23H,5-7,10-14H2,1H3. The maximum atomic E-state index is 13.0. The molecule has 1 aliphatic heterocycles. The molecule has 2 aliphatic rings. The van der Waals surface area contributed by atoms with Crippen molar-refractivity contribution in [2.45, 2.75) is 50.7 Å². The van der Waals surface area contributed by atoms with Gasteiger partial charge in [-0.3, -0.25) is 9.59 Å². The first-order valence-corrected chi connectivity index (χ1v) is 9.37. The van der Waals surface area contributed by atoms with Gasteiger partial charge in [-0.05, 0) is 44.2 Å². The smallest absolute Gasteiger partial charge is 0.254 e. The highest BCUT2D eigenvalue weighted by atomic mass is 16.3. The highest BCUT2D eigenvalue weighted by Crippen LogP contribution is 2.27. The lowest BCUT2D eigenvalue weighted by molar-refractivity contribution is -0.136. The summed E-state index contributed by atoms with van der Waals surface area (Å²) in [7, 11) is 1.80. The molecule has 3 rings (SSSR count). The van der Waals surface area contributed by atoms with Crippen LogP contribution in [0.2, 0.25) is 0 Å². The van der Waals surface area contributed by atoms with Crippen molar-refractivity contribution >= 4 is 11.8 Å². The van der Waals surface area contributed by atoms with Gasteiger partial charge in [0.1, 0.15) is 6.04 Å². The van der Waals surface area contributed by atoms with Crippen LogP contribution in [-0.4, -0.2) is 59.0 Å². The zero-order valence-corrected chi connectivity index (χ0v) is 14.9. The van der Waals surface area contributed by atoms with Crippen molar-refractivity contribution in [3.63, 3.8) is 0 Å². The Morgan fingerprint density at radius 3 is 2.56 bits per heavy atom. The van der Waals surface area contributed by atoms with Gasteiger partial charge >= 0.3 is 0 Å². The number of hydrogen-bond acceptors (Lipinski definition) is 3. The Morgan fingerprint density at radius 1 is 1.12 bits per heavy atom. The van der Waals surface area contributed by atoms with E-state index in [1.165, 1.54) is 0 Å². The Morgan fingerprint density at radius 2 is 1.88 bits per heavy atom. The van der Waals surface area contributed by atoms with E-state index in [1.54, 1.807) is 29.0 Å². The maximum Gasteiger partial charge on any atom is 0.254 e. The largest absolute Gasteiger partial charge is 0.393 e. The van der Waals surface area contributed by atoms with Crippen LogP contribution < -0.4 is 0 Å². The minimum atomic E-state index is -0.384. The summed E-state index contributed by atoms with van der Waals surface area (Å²) in [5, 5.41) is 10.0. The topological polar surface area (TPSA) is 60.9 Å². The van der Waals surface area contributed by atoms with Crippen LogP contribution in [0.5, 0.6) is 0 Å². The molecule has 3 atom stereocenters. The van der Waals surface area contributed by atoms with Gasteiger partial charge in [-0.2, -0.15) is 0 Å². The molecule has 1 saturated heterocycles. The van der Waals surface area contributed by atoms with E-state index in [0.717, 1.165) is 38.5 Å². The van der Waals surface area contributed by atoms with Crippen LogP contribution in [0, 0.1) is 5.92 Å². The summed E-state index contributed by atoms with van der Waals surface area (Å²) < 4.78 is 0. The number of hydrogen-bond donors (Lipinski definition) is 1. The minimum absolute atomic E-state index is 0.00285. The van der Waals surface area contributed by atoms with Gasteiger partial charge in [0.15, 0.2) is 0 Å². The van der Waals surface area contributed by atoms with Crippen molar-refractivity contribution in [2.24, 2.45) is 5.92 Å². The third-order valence-electron chi connectivity index (χ3n) is 5.57. The Kier molecular flexibility index (Phi) is 5.74. The van der Waals surface area contributed by atoms with Crippen LogP contribution >= 0.6 is 0 Å². The van der Waals surface area contributed by atoms with Gasteiger partial charge in [0.05, 0.1) is 6.10 Å². The molecule has 1 N–H and O–H groups in total. The molecule has 1 saturated carbocycles. The van der Waals surface area contributed by atoms with Crippen molar-refractivity contribution in [3.8, 4) is 0 Å². The van der Waals surface area contributed by atoms with Gasteiger partial charge in [0.25, 0.3) is 5.91 Å². The van der Waals surface area contributed by atoms with Gasteiger partial charge in [-0.15, -0.1) is 0 Å². The molecule has 2 amide bonds. The van der Waals surface area contributed by atoms with Crippen LogP contribution in [0.15, 0.2) is 30.3 Å². The maximum absolute atomic E-state index is 13.0. The van der Waals surface area contributed by atoms with E-state index in [0.29, 0.717) is 18.7 Å². The Hall–Kier alpha value is -1.88. The van der Waals surface area contributed by atoms with Crippen LogP contribution in [0.1, 0.15) is 48.9 Å². The lowest BCUT2D eigenvalue weighted by Gasteiger charge is -2.37. The molecule has 2 fully saturated rings. The van der Waals surface area contributed by atoms with Gasteiger partial charge in [0, 0.05) is 31.6 Å². The first kappa shape index (κ1) is 17.9. The number of likely N-dealkylation sites (N-methyl/N-ethyl adjacent to an activating group) is 1. The fourth-order valence-corrected chi connectivity index (χ4v) is 4.10. The van der Waals surface area contributed by atoms with E-state index < -0.39 is 0 Å². The van der Waals surface area contributed by atoms with Crippen molar-refractivity contribution in [1.82, 2.24) is 9.80 Å². The highest BCUT2D eigenvalue weighted by Gasteiger charge is 2.36. The average Bonchev–Trinajstić information content (AvgIpc) is 3.06. The van der Waals surface area contributed by atoms with E-state index >= 15 is 0 Å². The van der Waals surface area contributed by atoms with Gasteiger partial charge < -0.3 is 14.9 Å². The van der Waals surface area contributed by atoms with E-state index in [-0.39, 0.29) is 29.9 Å². The number of rotatable bonds is 4. The molecule has 0 radical (unpaired) electrons. The quantitative estimate of drug-likeness (QED) is 0.912. The van der Waals surface area contributed by atoms with Gasteiger partial charge in [-0.1, -0.05) is 24.6 Å². The Bertz CT molecular complexity index is 604. The molecule has 1 aliphatic carbocycles. The van der Waals surface area contributed by atoms with Crippen molar-refractivity contribution < 1.29 is 14.7 Å². The van der Waals surface area contributed by atoms with Gasteiger partial charge in [-0.25, -0.2) is 0 Å². The van der Waals surface area contributed by atoms with Crippen LogP contribution in [0.4, 0.5) is 0 Å². The summed E-state index contributed by atoms with van der Waals surface area (Å²) in [5.74, 6) is 0.104. The molecule has 0 aromatic heterocycles. The third-order valence-corrected chi connectivity index (χ3v) is 5.57. The zero-order chi connectivity index (χ0) is 17.8. The summed E-state index contributed by atoms with van der Waals surface area (Å²) >= 11 is 0. The number of aliphatic hydroxyl groups is 1. The number of carbonyl (C=O) groups excluding carboxylic acids is 2. The molecule has 5 heteroatoms. The molecule has 25 heavy (non-hydrogen) atoms. The summed E-state index contributed by atoms with van der Waals surface area (Å²) in [5.41, 5.74) is 0.635. The molecule has 5 nitrogen and oxygen atoms in total. The molecule has 1 aromatic carbocycles. The van der Waals surface area contributed by atoms with E-state index in [9.17, 15) is 14.7 Å². The number of nitrogens with zero attached hydrogens (tertiary/aromatic N) is 2. The van der Waals surface area contributed by atoms with Crippen LogP contribution in [0.3, 0.4) is 0 Å². The fraction of sp³-hybridized carbons (Fsp3) is 0.600. The normalized spacial score (nSPS) is 26.5. The number of likely N-dealkylation sites (tertiary alicyclic amines) is 1. The van der Waals surface area contributed by atoms with Crippen LogP contribution in [0.25, 0.3) is 0 Å². The number of aliphatic hydroxyl groups excluding tert-OH is 1. The number of piperidine rings is 1.